The van der Waals surface area contributed by atoms with Gasteiger partial charge in [0.1, 0.15) is 60.4 Å². The molecule has 12 amide bonds. The van der Waals surface area contributed by atoms with Gasteiger partial charge >= 0.3 is 6.18 Å². The summed E-state index contributed by atoms with van der Waals surface area (Å²) >= 11 is 0. The molecule has 0 aromatic rings. The minimum atomic E-state index is -4.38. The highest BCUT2D eigenvalue weighted by molar-refractivity contribution is 6.01. The summed E-state index contributed by atoms with van der Waals surface area (Å²) in [7, 11) is 10.3. The van der Waals surface area contributed by atoms with Gasteiger partial charge in [-0.2, -0.15) is 13.2 Å². The maximum atomic E-state index is 15.9. The van der Waals surface area contributed by atoms with Crippen molar-refractivity contribution >= 4 is 70.9 Å². The van der Waals surface area contributed by atoms with E-state index in [2.05, 4.69) is 22.9 Å². The number of hydrogen-bond donors (Lipinski definition) is 3. The molecule has 3 N–H and O–H groups in total. The summed E-state index contributed by atoms with van der Waals surface area (Å²) in [5, 5.41) is 9.07. The molecular formula is C81H129F3N12O13. The number of nitrogens with zero attached hydrogens (tertiary/aromatic N) is 9. The van der Waals surface area contributed by atoms with E-state index in [-0.39, 0.29) is 114 Å². The maximum absolute atomic E-state index is 15.9. The molecule has 0 aromatic heterocycles. The Morgan fingerprint density at radius 2 is 1.31 bits per heavy atom. The Labute approximate surface area is 644 Å². The smallest absolute Gasteiger partial charge is 0.377 e. The molecule has 9 rings (SSSR count). The van der Waals surface area contributed by atoms with Crippen LogP contribution in [0.25, 0.3) is 0 Å². The van der Waals surface area contributed by atoms with Gasteiger partial charge in [0.15, 0.2) is 0 Å². The highest BCUT2D eigenvalue weighted by atomic mass is 19.4. The van der Waals surface area contributed by atoms with Crippen molar-refractivity contribution in [2.75, 3.05) is 82.1 Å². The average Bonchev–Trinajstić information content (AvgIpc) is 1.71. The van der Waals surface area contributed by atoms with Gasteiger partial charge in [-0.3, -0.25) is 57.5 Å². The van der Waals surface area contributed by atoms with Gasteiger partial charge in [0, 0.05) is 81.5 Å². The molecule has 3 heterocycles. The van der Waals surface area contributed by atoms with Gasteiger partial charge in [-0.05, 0) is 163 Å². The summed E-state index contributed by atoms with van der Waals surface area (Å²) in [4.78, 5) is 196. The van der Waals surface area contributed by atoms with Gasteiger partial charge in [-0.15, -0.1) is 0 Å². The first-order chi connectivity index (χ1) is 51.4. The highest BCUT2D eigenvalue weighted by Gasteiger charge is 2.60. The molecule has 3 unspecified atom stereocenters. The Kier molecular flexibility index (Phi) is 29.0. The number of halogens is 3. The quantitative estimate of drug-likeness (QED) is 0.134. The highest BCUT2D eigenvalue weighted by Crippen LogP contribution is 2.54. The first-order valence-electron chi connectivity index (χ1n) is 41.1. The lowest BCUT2D eigenvalue weighted by Crippen LogP contribution is -2.71. The molecule has 9 aliphatic rings. The van der Waals surface area contributed by atoms with Crippen LogP contribution in [0, 0.1) is 52.8 Å². The fourth-order valence-electron chi connectivity index (χ4n) is 19.4. The van der Waals surface area contributed by atoms with Crippen molar-refractivity contribution < 1.29 is 75.4 Å². The van der Waals surface area contributed by atoms with Crippen molar-refractivity contribution in [2.45, 2.75) is 294 Å². The third-order valence-electron chi connectivity index (χ3n) is 26.2. The van der Waals surface area contributed by atoms with Crippen molar-refractivity contribution in [1.29, 1.82) is 0 Å². The molecule has 2 bridgehead atoms. The van der Waals surface area contributed by atoms with Crippen LogP contribution >= 0.6 is 0 Å². The molecule has 6 saturated carbocycles. The zero-order chi connectivity index (χ0) is 79.9. The molecule has 109 heavy (non-hydrogen) atoms. The van der Waals surface area contributed by atoms with Gasteiger partial charge in [0.05, 0.1) is 25.0 Å². The number of carbonyl (C=O) groups excluding carboxylic acids is 12. The van der Waals surface area contributed by atoms with Crippen molar-refractivity contribution in [1.82, 2.24) is 60.0 Å². The zero-order valence-electron chi connectivity index (χ0n) is 67.6. The van der Waals surface area contributed by atoms with Crippen molar-refractivity contribution in [3.63, 3.8) is 0 Å². The second-order valence-corrected chi connectivity index (χ2v) is 35.2. The fraction of sp³-hybridized carbons (Fsp3) is 0.827. The topological polar surface area (TPSA) is 279 Å². The normalized spacial score (nSPS) is 32.8. The summed E-state index contributed by atoms with van der Waals surface area (Å²) in [5.41, 5.74) is -2.14. The Balaban J connectivity index is 1.11. The van der Waals surface area contributed by atoms with Crippen LogP contribution in [0.2, 0.25) is 0 Å². The molecule has 3 aliphatic heterocycles. The minimum absolute atomic E-state index is 0.00898. The van der Waals surface area contributed by atoms with Crippen LogP contribution in [0.3, 0.4) is 0 Å². The van der Waals surface area contributed by atoms with Crippen LogP contribution in [-0.4, -0.2) is 269 Å². The Morgan fingerprint density at radius 3 is 1.91 bits per heavy atom. The predicted molar refractivity (Wildman–Crippen MR) is 403 cm³/mol. The van der Waals surface area contributed by atoms with Crippen molar-refractivity contribution in [3.05, 3.63) is 12.2 Å². The Bertz CT molecular complexity index is 3310. The van der Waals surface area contributed by atoms with Crippen LogP contribution < -0.4 is 16.0 Å². The lowest BCUT2D eigenvalue weighted by Gasteiger charge is -2.54. The van der Waals surface area contributed by atoms with Gasteiger partial charge in [0.25, 0.3) is 0 Å². The van der Waals surface area contributed by atoms with E-state index in [0.29, 0.717) is 63.7 Å². The Morgan fingerprint density at radius 1 is 0.651 bits per heavy atom. The first-order valence-corrected chi connectivity index (χ1v) is 41.1. The second-order valence-electron chi connectivity index (χ2n) is 35.2. The molecule has 8 fully saturated rings. The van der Waals surface area contributed by atoms with E-state index >= 15 is 47.9 Å². The van der Waals surface area contributed by atoms with Gasteiger partial charge in [0.2, 0.25) is 70.9 Å². The van der Waals surface area contributed by atoms with Gasteiger partial charge < -0.3 is 64.8 Å². The number of likely N-dealkylation sites (N-methyl/N-ethyl adjacent to an activating group) is 6. The molecule has 0 aromatic carbocycles. The molecule has 28 heteroatoms. The van der Waals surface area contributed by atoms with E-state index in [9.17, 15) is 22.8 Å². The number of amides is 12. The van der Waals surface area contributed by atoms with E-state index in [0.717, 1.165) is 38.5 Å². The number of rotatable bonds is 15. The predicted octanol–water partition coefficient (Wildman–Crippen LogP) is 7.47. The van der Waals surface area contributed by atoms with Gasteiger partial charge in [-0.1, -0.05) is 105 Å². The summed E-state index contributed by atoms with van der Waals surface area (Å²) in [6, 6.07) is -10.3. The third kappa shape index (κ3) is 20.7. The number of ether oxygens (including phenoxy) is 1. The second kappa shape index (κ2) is 36.7. The monoisotopic (exact) mass is 1530 g/mol. The van der Waals surface area contributed by atoms with Crippen LogP contribution in [-0.2, 0) is 62.3 Å². The number of alkyl halides is 3. The fourth-order valence-corrected chi connectivity index (χ4v) is 19.4. The van der Waals surface area contributed by atoms with E-state index < -0.39 is 186 Å². The van der Waals surface area contributed by atoms with E-state index in [1.807, 2.05) is 46.8 Å². The van der Waals surface area contributed by atoms with Crippen molar-refractivity contribution in [2.24, 2.45) is 52.8 Å². The van der Waals surface area contributed by atoms with Crippen molar-refractivity contribution in [3.8, 4) is 0 Å². The lowest BCUT2D eigenvalue weighted by atomic mass is 9.58. The largest absolute Gasteiger partial charge is 0.392 e. The van der Waals surface area contributed by atoms with Crippen LogP contribution in [0.1, 0.15) is 222 Å². The van der Waals surface area contributed by atoms with E-state index in [4.69, 9.17) is 4.74 Å². The maximum Gasteiger partial charge on any atom is 0.392 e. The molecule has 13 atom stereocenters. The molecular weight excluding hydrogens is 1410 g/mol. The van der Waals surface area contributed by atoms with Crippen LogP contribution in [0.4, 0.5) is 13.2 Å². The number of fused-ring (bicyclic) bond motifs is 3. The van der Waals surface area contributed by atoms with Crippen LogP contribution in [0.15, 0.2) is 12.2 Å². The van der Waals surface area contributed by atoms with Gasteiger partial charge in [-0.25, -0.2) is 0 Å². The molecule has 6 aliphatic carbocycles. The van der Waals surface area contributed by atoms with E-state index in [1.165, 1.54) is 93.4 Å². The number of hydrogen-bond acceptors (Lipinski definition) is 13. The lowest BCUT2D eigenvalue weighted by molar-refractivity contribution is -0.201. The summed E-state index contributed by atoms with van der Waals surface area (Å²) in [5.74, 6) is -10.2. The minimum Gasteiger partial charge on any atom is -0.377 e. The van der Waals surface area contributed by atoms with E-state index in [1.54, 1.807) is 6.92 Å². The average molecular weight is 1540 g/mol. The molecule has 612 valence electrons. The molecule has 2 saturated heterocycles. The summed E-state index contributed by atoms with van der Waals surface area (Å²) in [6.07, 6.45) is 9.11. The van der Waals surface area contributed by atoms with Crippen LogP contribution in [0.5, 0.6) is 0 Å². The number of nitrogens with one attached hydrogen (secondary N) is 3. The summed E-state index contributed by atoms with van der Waals surface area (Å²) < 4.78 is 50.1. The zero-order valence-corrected chi connectivity index (χ0v) is 67.6. The standard InChI is InChI=1S/C81H129F3N12O13/c1-15-23-60-70(100)86-68(50(5)16-2)76(106)95(55-35-36-55)46-67(99)91(12)61-26-19-18-22-39-94(75(61)105)64(41-52-29-27-49(4)28-30-52)74(104)89(10)45-65(97)85-59(38-32-51-31-37-58(81(82,83)84)57(40-51)53-33-34-53)72(102)96-44-56(109-17-3)42-62(96)71(101)87-80(47-79(6,7)48-80)78(108)93(14)69(54-24-20-21-25-54)77(107)92(13)63(73(103)88(8)9)43-66(98)90(60)11/h18-19,49-64,68-69H,15-17,20-48H2,1-14H3,(H,85,97)(H,86,100)(H,87,101)/b19-18-/t49?,50-,51?,52?,56+,57?,58?,59-,60-,61-,62-,63-,64-,68-,69-/m0/s1. The molecule has 1 spiro atoms. The SMILES string of the molecule is CCC[C@H]1C(=O)N[C@@H]([C@@H](C)CC)C(=O)N(C2CC2)CC(=O)N(C)[C@H]2C/C=C\CCN(C2=O)[C@@H](CC2CCC(C)CC2)C(=O)N(C)CC(=O)N[C@@H](CCC2CCC(C(F)(F)F)C(C3CC3)C2)C(=O)N2C[C@H](OCC)C[C@H]2C(=O)NC2(CC(C)(C)C2)C(=O)N(C)[C@@H](C2CCCC2)C(=O)N(C)[C@H](C(=O)N(C)C)CC(=O)N1C. The first kappa shape index (κ1) is 86.1. The third-order valence-corrected chi connectivity index (χ3v) is 26.2. The summed E-state index contributed by atoms with van der Waals surface area (Å²) in [6.45, 7) is 12.5. The molecule has 25 nitrogen and oxygen atoms in total. The Hall–Kier alpha value is -6.87. The number of carbonyl (C=O) groups is 12. The molecule has 0 radical (unpaired) electrons.